The third-order valence-electron chi connectivity index (χ3n) is 2.55. The molecule has 2 aromatic rings. The molecule has 2 rings (SSSR count). The zero-order valence-corrected chi connectivity index (χ0v) is 11.8. The Morgan fingerprint density at radius 2 is 2.14 bits per heavy atom. The topological polar surface area (TPSA) is 50.4 Å². The van der Waals surface area contributed by atoms with E-state index in [1.165, 1.54) is 23.1 Å². The summed E-state index contributed by atoms with van der Waals surface area (Å²) in [5.41, 5.74) is 0.391. The number of hydrogen-bond donors (Lipinski definition) is 2. The van der Waals surface area contributed by atoms with E-state index in [1.54, 1.807) is 17.4 Å². The molecule has 0 aliphatic heterocycles. The molecule has 21 heavy (non-hydrogen) atoms. The lowest BCUT2D eigenvalue weighted by Crippen LogP contribution is -2.30. The van der Waals surface area contributed by atoms with Crippen molar-refractivity contribution >= 4 is 23.1 Å². The number of amides is 2. The van der Waals surface area contributed by atoms with Gasteiger partial charge in [-0.25, -0.2) is 4.79 Å². The molecule has 0 atom stereocenters. The Morgan fingerprint density at radius 3 is 2.86 bits per heavy atom. The minimum atomic E-state index is -2.89. The standard InChI is InChI=1S/C14H14F2N2O2S/c15-13(16)20-11-4-1-3-10(9-11)18-14(19)17-7-6-12-5-2-8-21-12/h1-5,8-9,13H,6-7H2,(H2,17,18,19). The molecule has 0 aliphatic rings. The van der Waals surface area contributed by atoms with Crippen LogP contribution in [-0.4, -0.2) is 19.2 Å². The van der Waals surface area contributed by atoms with Gasteiger partial charge in [-0.15, -0.1) is 11.3 Å². The molecule has 7 heteroatoms. The molecule has 2 N–H and O–H groups in total. The molecule has 1 heterocycles. The predicted octanol–water partition coefficient (Wildman–Crippen LogP) is 3.71. The van der Waals surface area contributed by atoms with Crippen molar-refractivity contribution in [2.24, 2.45) is 0 Å². The van der Waals surface area contributed by atoms with Crippen LogP contribution >= 0.6 is 11.3 Å². The average molecular weight is 312 g/mol. The van der Waals surface area contributed by atoms with Gasteiger partial charge in [-0.2, -0.15) is 8.78 Å². The van der Waals surface area contributed by atoms with E-state index < -0.39 is 6.61 Å². The van der Waals surface area contributed by atoms with Gasteiger partial charge in [0.05, 0.1) is 0 Å². The smallest absolute Gasteiger partial charge is 0.387 e. The molecule has 0 saturated carbocycles. The van der Waals surface area contributed by atoms with Crippen molar-refractivity contribution in [3.63, 3.8) is 0 Å². The number of rotatable bonds is 6. The van der Waals surface area contributed by atoms with Gasteiger partial charge in [0.2, 0.25) is 0 Å². The van der Waals surface area contributed by atoms with E-state index in [0.717, 1.165) is 6.42 Å². The minimum absolute atomic E-state index is 0.00128. The van der Waals surface area contributed by atoms with E-state index in [1.807, 2.05) is 17.5 Å². The maximum atomic E-state index is 12.1. The highest BCUT2D eigenvalue weighted by Crippen LogP contribution is 2.19. The fourth-order valence-electron chi connectivity index (χ4n) is 1.68. The lowest BCUT2D eigenvalue weighted by atomic mass is 10.3. The number of urea groups is 1. The van der Waals surface area contributed by atoms with Crippen LogP contribution in [0, 0.1) is 0 Å². The summed E-state index contributed by atoms with van der Waals surface area (Å²) in [6, 6.07) is 9.41. The van der Waals surface area contributed by atoms with E-state index in [4.69, 9.17) is 0 Å². The monoisotopic (exact) mass is 312 g/mol. The third kappa shape index (κ3) is 5.39. The summed E-state index contributed by atoms with van der Waals surface area (Å²) in [4.78, 5) is 12.8. The highest BCUT2D eigenvalue weighted by Gasteiger charge is 2.06. The lowest BCUT2D eigenvalue weighted by molar-refractivity contribution is -0.0497. The van der Waals surface area contributed by atoms with Crippen LogP contribution in [0.4, 0.5) is 19.3 Å². The molecular weight excluding hydrogens is 298 g/mol. The summed E-state index contributed by atoms with van der Waals surface area (Å²) in [5.74, 6) is 0.00128. The summed E-state index contributed by atoms with van der Waals surface area (Å²) in [6.45, 7) is -2.39. The SMILES string of the molecule is O=C(NCCc1cccs1)Nc1cccc(OC(F)F)c1. The molecule has 0 radical (unpaired) electrons. The van der Waals surface area contributed by atoms with Crippen LogP contribution in [0.25, 0.3) is 0 Å². The number of carbonyl (C=O) groups excluding carboxylic acids is 1. The van der Waals surface area contributed by atoms with E-state index in [2.05, 4.69) is 15.4 Å². The van der Waals surface area contributed by atoms with Crippen LogP contribution < -0.4 is 15.4 Å². The van der Waals surface area contributed by atoms with Crippen LogP contribution in [-0.2, 0) is 6.42 Å². The summed E-state index contributed by atoms with van der Waals surface area (Å²) >= 11 is 1.63. The second-order valence-electron chi connectivity index (χ2n) is 4.12. The lowest BCUT2D eigenvalue weighted by Gasteiger charge is -2.09. The average Bonchev–Trinajstić information content (AvgIpc) is 2.91. The first-order valence-corrected chi connectivity index (χ1v) is 7.13. The molecule has 0 spiro atoms. The molecule has 112 valence electrons. The van der Waals surface area contributed by atoms with Gasteiger partial charge < -0.3 is 15.4 Å². The first-order chi connectivity index (χ1) is 10.1. The number of carbonyl (C=O) groups is 1. The summed E-state index contributed by atoms with van der Waals surface area (Å²) in [7, 11) is 0. The van der Waals surface area contributed by atoms with Gasteiger partial charge in [-0.3, -0.25) is 0 Å². The van der Waals surface area contributed by atoms with Gasteiger partial charge in [0.25, 0.3) is 0 Å². The molecule has 2 amide bonds. The van der Waals surface area contributed by atoms with Crippen molar-refractivity contribution in [2.75, 3.05) is 11.9 Å². The molecule has 0 fully saturated rings. The number of thiophene rings is 1. The van der Waals surface area contributed by atoms with Gasteiger partial charge >= 0.3 is 12.6 Å². The number of halogens is 2. The van der Waals surface area contributed by atoms with Crippen molar-refractivity contribution in [1.82, 2.24) is 5.32 Å². The zero-order chi connectivity index (χ0) is 15.1. The van der Waals surface area contributed by atoms with Crippen molar-refractivity contribution in [2.45, 2.75) is 13.0 Å². The number of nitrogens with one attached hydrogen (secondary N) is 2. The molecule has 0 unspecified atom stereocenters. The molecule has 0 aliphatic carbocycles. The molecule has 1 aromatic carbocycles. The third-order valence-corrected chi connectivity index (χ3v) is 3.49. The normalized spacial score (nSPS) is 10.4. The maximum Gasteiger partial charge on any atom is 0.387 e. The maximum absolute atomic E-state index is 12.1. The van der Waals surface area contributed by atoms with Crippen molar-refractivity contribution in [3.05, 3.63) is 46.7 Å². The van der Waals surface area contributed by atoms with Gasteiger partial charge in [-0.1, -0.05) is 12.1 Å². The van der Waals surface area contributed by atoms with Crippen LogP contribution in [0.1, 0.15) is 4.88 Å². The first kappa shape index (κ1) is 15.2. The van der Waals surface area contributed by atoms with Gasteiger partial charge in [-0.05, 0) is 30.0 Å². The van der Waals surface area contributed by atoms with Crippen molar-refractivity contribution < 1.29 is 18.3 Å². The largest absolute Gasteiger partial charge is 0.435 e. The quantitative estimate of drug-likeness (QED) is 0.854. The highest BCUT2D eigenvalue weighted by molar-refractivity contribution is 7.09. The highest BCUT2D eigenvalue weighted by atomic mass is 32.1. The van der Waals surface area contributed by atoms with E-state index in [9.17, 15) is 13.6 Å². The van der Waals surface area contributed by atoms with Gasteiger partial charge in [0.1, 0.15) is 5.75 Å². The van der Waals surface area contributed by atoms with Crippen LogP contribution in [0.5, 0.6) is 5.75 Å². The molecule has 4 nitrogen and oxygen atoms in total. The Labute approximate surface area is 124 Å². The number of benzene rings is 1. The molecule has 0 bridgehead atoms. The fourth-order valence-corrected chi connectivity index (χ4v) is 2.39. The van der Waals surface area contributed by atoms with E-state index >= 15 is 0 Å². The summed E-state index contributed by atoms with van der Waals surface area (Å²) in [6.07, 6.45) is 0.750. The number of alkyl halides is 2. The van der Waals surface area contributed by atoms with Crippen molar-refractivity contribution in [1.29, 1.82) is 0 Å². The number of hydrogen-bond acceptors (Lipinski definition) is 3. The Morgan fingerprint density at radius 1 is 1.29 bits per heavy atom. The Bertz CT molecular complexity index is 576. The second kappa shape index (κ2) is 7.58. The molecule has 1 aromatic heterocycles. The Hall–Kier alpha value is -2.15. The second-order valence-corrected chi connectivity index (χ2v) is 5.15. The molecular formula is C14H14F2N2O2S. The first-order valence-electron chi connectivity index (χ1n) is 6.25. The summed E-state index contributed by atoms with van der Waals surface area (Å²) < 4.78 is 28.5. The fraction of sp³-hybridized carbons (Fsp3) is 0.214. The van der Waals surface area contributed by atoms with E-state index in [0.29, 0.717) is 12.2 Å². The zero-order valence-electron chi connectivity index (χ0n) is 11.0. The summed E-state index contributed by atoms with van der Waals surface area (Å²) in [5, 5.41) is 7.24. The van der Waals surface area contributed by atoms with Gasteiger partial charge in [0, 0.05) is 23.2 Å². The Kier molecular flexibility index (Phi) is 5.51. The van der Waals surface area contributed by atoms with Crippen molar-refractivity contribution in [3.8, 4) is 5.75 Å². The van der Waals surface area contributed by atoms with Crippen LogP contribution in [0.15, 0.2) is 41.8 Å². The number of ether oxygens (including phenoxy) is 1. The van der Waals surface area contributed by atoms with Gasteiger partial charge in [0.15, 0.2) is 0 Å². The number of anilines is 1. The van der Waals surface area contributed by atoms with Crippen LogP contribution in [0.3, 0.4) is 0 Å². The minimum Gasteiger partial charge on any atom is -0.435 e. The predicted molar refractivity (Wildman–Crippen MR) is 78.1 cm³/mol. The van der Waals surface area contributed by atoms with E-state index in [-0.39, 0.29) is 11.8 Å². The molecule has 0 saturated heterocycles. The van der Waals surface area contributed by atoms with Crippen LogP contribution in [0.2, 0.25) is 0 Å². The Balaban J connectivity index is 1.79.